The minimum atomic E-state index is -1.14. The molecule has 2 aromatic rings. The van der Waals surface area contributed by atoms with Gasteiger partial charge in [0.15, 0.2) is 0 Å². The summed E-state index contributed by atoms with van der Waals surface area (Å²) in [5.41, 5.74) is 2.04. The standard InChI is InChI=1S/C20H28O2S2/c1-13-9-11-16-15(17(13)23(21)19(3,4)5)12-10-14(2)18(16)24(22)20(6,7)8/h9-12H,1-8H3/t23-,24+. The Hall–Kier alpha value is -1.00. The number of benzene rings is 2. The van der Waals surface area contributed by atoms with E-state index < -0.39 is 21.6 Å². The summed E-state index contributed by atoms with van der Waals surface area (Å²) in [6, 6.07) is 8.06. The second kappa shape index (κ2) is 6.38. The highest BCUT2D eigenvalue weighted by atomic mass is 32.2. The summed E-state index contributed by atoms with van der Waals surface area (Å²) in [6.45, 7) is 15.9. The Labute approximate surface area is 151 Å². The van der Waals surface area contributed by atoms with E-state index in [-0.39, 0.29) is 9.49 Å². The molecule has 132 valence electrons. The van der Waals surface area contributed by atoms with Crippen molar-refractivity contribution in [1.82, 2.24) is 0 Å². The van der Waals surface area contributed by atoms with Gasteiger partial charge in [0.2, 0.25) is 0 Å². The molecular formula is C20H28O2S2. The number of rotatable bonds is 2. The van der Waals surface area contributed by atoms with Crippen molar-refractivity contribution < 1.29 is 8.42 Å². The van der Waals surface area contributed by atoms with Crippen LogP contribution in [0.4, 0.5) is 0 Å². The monoisotopic (exact) mass is 364 g/mol. The van der Waals surface area contributed by atoms with E-state index in [0.29, 0.717) is 0 Å². The molecular weight excluding hydrogens is 336 g/mol. The Bertz CT molecular complexity index is 766. The summed E-state index contributed by atoms with van der Waals surface area (Å²) in [7, 11) is -2.27. The van der Waals surface area contributed by atoms with Crippen LogP contribution in [0, 0.1) is 13.8 Å². The van der Waals surface area contributed by atoms with E-state index in [1.54, 1.807) is 0 Å². The lowest BCUT2D eigenvalue weighted by atomic mass is 10.0. The zero-order valence-corrected chi connectivity index (χ0v) is 17.6. The highest BCUT2D eigenvalue weighted by Crippen LogP contribution is 2.36. The van der Waals surface area contributed by atoms with Gasteiger partial charge in [0.1, 0.15) is 0 Å². The van der Waals surface area contributed by atoms with E-state index in [1.165, 1.54) is 0 Å². The first-order chi connectivity index (χ1) is 10.9. The van der Waals surface area contributed by atoms with Crippen LogP contribution in [0.25, 0.3) is 10.8 Å². The van der Waals surface area contributed by atoms with E-state index in [0.717, 1.165) is 31.7 Å². The molecule has 0 unspecified atom stereocenters. The summed E-state index contributed by atoms with van der Waals surface area (Å²) in [6.07, 6.45) is 0. The van der Waals surface area contributed by atoms with Gasteiger partial charge >= 0.3 is 0 Å². The molecule has 0 heterocycles. The van der Waals surface area contributed by atoms with E-state index in [9.17, 15) is 8.42 Å². The first-order valence-corrected chi connectivity index (χ1v) is 10.5. The van der Waals surface area contributed by atoms with Gasteiger partial charge in [-0.1, -0.05) is 24.3 Å². The Kier molecular flexibility index (Phi) is 5.14. The van der Waals surface area contributed by atoms with Crippen LogP contribution >= 0.6 is 0 Å². The quantitative estimate of drug-likeness (QED) is 0.727. The van der Waals surface area contributed by atoms with Crippen LogP contribution in [0.5, 0.6) is 0 Å². The molecule has 0 fully saturated rings. The summed E-state index contributed by atoms with van der Waals surface area (Å²) in [5.74, 6) is 0. The summed E-state index contributed by atoms with van der Waals surface area (Å²) in [4.78, 5) is 1.74. The molecule has 24 heavy (non-hydrogen) atoms. The molecule has 0 aromatic heterocycles. The van der Waals surface area contributed by atoms with Crippen molar-refractivity contribution >= 4 is 32.4 Å². The van der Waals surface area contributed by atoms with Gasteiger partial charge in [0.25, 0.3) is 0 Å². The van der Waals surface area contributed by atoms with Crippen molar-refractivity contribution in [2.24, 2.45) is 0 Å². The molecule has 2 nitrogen and oxygen atoms in total. The highest BCUT2D eigenvalue weighted by molar-refractivity contribution is 7.87. The lowest BCUT2D eigenvalue weighted by molar-refractivity contribution is 0.648. The molecule has 2 atom stereocenters. The Balaban J connectivity index is 2.89. The molecule has 0 spiro atoms. The molecule has 0 N–H and O–H groups in total. The minimum Gasteiger partial charge on any atom is -0.254 e. The van der Waals surface area contributed by atoms with Crippen LogP contribution in [0.1, 0.15) is 52.7 Å². The smallest absolute Gasteiger partial charge is 0.0592 e. The molecule has 2 rings (SSSR count). The largest absolute Gasteiger partial charge is 0.254 e. The van der Waals surface area contributed by atoms with Crippen LogP contribution in [-0.4, -0.2) is 17.9 Å². The number of hydrogen-bond acceptors (Lipinski definition) is 2. The Morgan fingerprint density at radius 3 is 1.17 bits per heavy atom. The zero-order chi connectivity index (χ0) is 18.4. The van der Waals surface area contributed by atoms with Crippen molar-refractivity contribution in [2.75, 3.05) is 0 Å². The molecule has 2 aromatic carbocycles. The summed E-state index contributed by atoms with van der Waals surface area (Å²) < 4.78 is 25.5. The van der Waals surface area contributed by atoms with Gasteiger partial charge in [-0.15, -0.1) is 0 Å². The molecule has 0 amide bonds. The second-order valence-electron chi connectivity index (χ2n) is 8.28. The third-order valence-corrected chi connectivity index (χ3v) is 8.03. The van der Waals surface area contributed by atoms with Crippen molar-refractivity contribution in [2.45, 2.75) is 74.7 Å². The minimum absolute atomic E-state index is 0.340. The fourth-order valence-electron chi connectivity index (χ4n) is 2.67. The number of aryl methyl sites for hydroxylation is 2. The fourth-order valence-corrected chi connectivity index (χ4v) is 5.37. The Morgan fingerprint density at radius 2 is 0.917 bits per heavy atom. The molecule has 0 aliphatic heterocycles. The van der Waals surface area contributed by atoms with Gasteiger partial charge < -0.3 is 0 Å². The summed E-state index contributed by atoms with van der Waals surface area (Å²) in [5, 5.41) is 1.92. The average molecular weight is 365 g/mol. The average Bonchev–Trinajstić information content (AvgIpc) is 2.44. The molecule has 0 aliphatic carbocycles. The SMILES string of the molecule is Cc1ccc2c([S@](=O)C(C)(C)C)c(C)ccc2c1[S@@](=O)C(C)(C)C. The van der Waals surface area contributed by atoms with Crippen molar-refractivity contribution in [3.8, 4) is 0 Å². The van der Waals surface area contributed by atoms with Crippen LogP contribution in [0.3, 0.4) is 0 Å². The van der Waals surface area contributed by atoms with Crippen molar-refractivity contribution in [1.29, 1.82) is 0 Å². The molecule has 0 saturated heterocycles. The van der Waals surface area contributed by atoms with Gasteiger partial charge in [0, 0.05) is 9.49 Å². The van der Waals surface area contributed by atoms with E-state index in [1.807, 2.05) is 79.7 Å². The van der Waals surface area contributed by atoms with E-state index in [2.05, 4.69) is 0 Å². The normalized spacial score (nSPS) is 15.5. The van der Waals surface area contributed by atoms with Crippen LogP contribution in [-0.2, 0) is 21.6 Å². The second-order valence-corrected chi connectivity index (χ2v) is 12.6. The van der Waals surface area contributed by atoms with Gasteiger partial charge in [0.05, 0.1) is 31.4 Å². The van der Waals surface area contributed by atoms with Crippen molar-refractivity contribution in [3.05, 3.63) is 35.4 Å². The maximum absolute atomic E-state index is 13.1. The highest BCUT2D eigenvalue weighted by Gasteiger charge is 2.28. The predicted molar refractivity (Wildman–Crippen MR) is 106 cm³/mol. The van der Waals surface area contributed by atoms with Gasteiger partial charge in [-0.2, -0.15) is 0 Å². The number of hydrogen-bond donors (Lipinski definition) is 0. The van der Waals surface area contributed by atoms with Crippen LogP contribution in [0.2, 0.25) is 0 Å². The topological polar surface area (TPSA) is 34.1 Å². The lowest BCUT2D eigenvalue weighted by Gasteiger charge is -2.24. The zero-order valence-electron chi connectivity index (χ0n) is 15.9. The molecule has 0 radical (unpaired) electrons. The molecule has 0 bridgehead atoms. The summed E-state index contributed by atoms with van der Waals surface area (Å²) >= 11 is 0. The maximum Gasteiger partial charge on any atom is 0.0592 e. The van der Waals surface area contributed by atoms with E-state index >= 15 is 0 Å². The molecule has 4 heteroatoms. The van der Waals surface area contributed by atoms with Crippen LogP contribution < -0.4 is 0 Å². The predicted octanol–water partition coefficient (Wildman–Crippen LogP) is 5.27. The Morgan fingerprint density at radius 1 is 0.625 bits per heavy atom. The third kappa shape index (κ3) is 3.50. The molecule has 0 aliphatic rings. The van der Waals surface area contributed by atoms with E-state index in [4.69, 9.17) is 0 Å². The van der Waals surface area contributed by atoms with Gasteiger partial charge in [-0.25, -0.2) is 0 Å². The number of fused-ring (bicyclic) bond motifs is 1. The molecule has 0 saturated carbocycles. The van der Waals surface area contributed by atoms with Gasteiger partial charge in [-0.05, 0) is 77.3 Å². The van der Waals surface area contributed by atoms with Gasteiger partial charge in [-0.3, -0.25) is 8.42 Å². The first-order valence-electron chi connectivity index (χ1n) is 8.22. The third-order valence-electron chi connectivity index (χ3n) is 3.98. The first kappa shape index (κ1) is 19.3. The maximum atomic E-state index is 13.1. The fraction of sp³-hybridized carbons (Fsp3) is 0.500. The van der Waals surface area contributed by atoms with Crippen molar-refractivity contribution in [3.63, 3.8) is 0 Å². The lowest BCUT2D eigenvalue weighted by Crippen LogP contribution is -2.24. The van der Waals surface area contributed by atoms with Crippen LogP contribution in [0.15, 0.2) is 34.1 Å².